The second kappa shape index (κ2) is 5.80. The second-order valence-corrected chi connectivity index (χ2v) is 5.43. The second-order valence-electron chi connectivity index (χ2n) is 4.68. The quantitative estimate of drug-likeness (QED) is 0.844. The fourth-order valence-electron chi connectivity index (χ4n) is 2.38. The van der Waals surface area contributed by atoms with Gasteiger partial charge in [0, 0.05) is 6.20 Å². The van der Waals surface area contributed by atoms with Gasteiger partial charge >= 0.3 is 0 Å². The number of amides is 1. The van der Waals surface area contributed by atoms with E-state index in [1.165, 1.54) is 0 Å². The molecular formula is C13H18BrN3O. The number of anilines is 1. The van der Waals surface area contributed by atoms with Crippen LogP contribution in [0.5, 0.6) is 0 Å². The molecule has 1 saturated heterocycles. The molecule has 2 heterocycles. The summed E-state index contributed by atoms with van der Waals surface area (Å²) in [6.07, 6.45) is 4.36. The van der Waals surface area contributed by atoms with E-state index in [0.29, 0.717) is 4.60 Å². The van der Waals surface area contributed by atoms with Crippen molar-refractivity contribution >= 4 is 27.5 Å². The molecule has 0 spiro atoms. The Morgan fingerprint density at radius 3 is 2.89 bits per heavy atom. The predicted molar refractivity (Wildman–Crippen MR) is 75.4 cm³/mol. The standard InChI is InChI=1S/C13H18BrN3O/c1-2-13(5-8-15-9-6-13)12(18)17-10-4-3-7-16-11(10)14/h3-4,7,15H,2,5-6,8-9H2,1H3,(H,17,18). The molecule has 0 bridgehead atoms. The zero-order valence-electron chi connectivity index (χ0n) is 10.5. The lowest BCUT2D eigenvalue weighted by molar-refractivity contribution is -0.127. The summed E-state index contributed by atoms with van der Waals surface area (Å²) in [4.78, 5) is 16.6. The monoisotopic (exact) mass is 311 g/mol. The Morgan fingerprint density at radius 2 is 2.28 bits per heavy atom. The smallest absolute Gasteiger partial charge is 0.230 e. The number of hydrogen-bond donors (Lipinski definition) is 2. The SMILES string of the molecule is CCC1(C(=O)Nc2cccnc2Br)CCNCC1. The molecule has 0 unspecified atom stereocenters. The molecule has 98 valence electrons. The van der Waals surface area contributed by atoms with Crippen molar-refractivity contribution < 1.29 is 4.79 Å². The van der Waals surface area contributed by atoms with Crippen LogP contribution in [0, 0.1) is 5.41 Å². The highest BCUT2D eigenvalue weighted by molar-refractivity contribution is 9.10. The Morgan fingerprint density at radius 1 is 1.56 bits per heavy atom. The van der Waals surface area contributed by atoms with Crippen molar-refractivity contribution in [2.75, 3.05) is 18.4 Å². The molecule has 2 N–H and O–H groups in total. The van der Waals surface area contributed by atoms with Crippen molar-refractivity contribution in [1.29, 1.82) is 0 Å². The van der Waals surface area contributed by atoms with Crippen LogP contribution in [0.2, 0.25) is 0 Å². The third kappa shape index (κ3) is 2.72. The summed E-state index contributed by atoms with van der Waals surface area (Å²) >= 11 is 3.35. The van der Waals surface area contributed by atoms with Gasteiger partial charge in [0.15, 0.2) is 0 Å². The van der Waals surface area contributed by atoms with Crippen LogP contribution in [0.1, 0.15) is 26.2 Å². The highest BCUT2D eigenvalue weighted by Crippen LogP contribution is 2.34. The fraction of sp³-hybridized carbons (Fsp3) is 0.538. The summed E-state index contributed by atoms with van der Waals surface area (Å²) in [6, 6.07) is 3.68. The van der Waals surface area contributed by atoms with Gasteiger partial charge in [0.1, 0.15) is 4.60 Å². The molecule has 2 rings (SSSR count). The van der Waals surface area contributed by atoms with Gasteiger partial charge in [0.05, 0.1) is 11.1 Å². The van der Waals surface area contributed by atoms with Crippen molar-refractivity contribution in [3.63, 3.8) is 0 Å². The minimum Gasteiger partial charge on any atom is -0.323 e. The van der Waals surface area contributed by atoms with Gasteiger partial charge in [-0.25, -0.2) is 4.98 Å². The van der Waals surface area contributed by atoms with Gasteiger partial charge in [-0.05, 0) is 60.4 Å². The normalized spacial score (nSPS) is 18.3. The van der Waals surface area contributed by atoms with E-state index in [0.717, 1.165) is 38.0 Å². The Balaban J connectivity index is 2.13. The fourth-order valence-corrected chi connectivity index (χ4v) is 2.73. The van der Waals surface area contributed by atoms with E-state index in [4.69, 9.17) is 0 Å². The molecule has 1 fully saturated rings. The van der Waals surface area contributed by atoms with Crippen molar-refractivity contribution in [1.82, 2.24) is 10.3 Å². The molecule has 18 heavy (non-hydrogen) atoms. The van der Waals surface area contributed by atoms with E-state index in [1.807, 2.05) is 12.1 Å². The van der Waals surface area contributed by atoms with Crippen molar-refractivity contribution in [3.8, 4) is 0 Å². The van der Waals surface area contributed by atoms with Crippen molar-refractivity contribution in [3.05, 3.63) is 22.9 Å². The van der Waals surface area contributed by atoms with Crippen molar-refractivity contribution in [2.24, 2.45) is 5.41 Å². The van der Waals surface area contributed by atoms with Gasteiger partial charge in [-0.15, -0.1) is 0 Å². The number of carbonyl (C=O) groups excluding carboxylic acids is 1. The maximum Gasteiger partial charge on any atom is 0.230 e. The van der Waals surface area contributed by atoms with Crippen LogP contribution in [0.15, 0.2) is 22.9 Å². The number of hydrogen-bond acceptors (Lipinski definition) is 3. The first kappa shape index (κ1) is 13.5. The van der Waals surface area contributed by atoms with Crippen LogP contribution in [0.25, 0.3) is 0 Å². The van der Waals surface area contributed by atoms with Crippen LogP contribution in [0.3, 0.4) is 0 Å². The van der Waals surface area contributed by atoms with Gasteiger partial charge in [-0.3, -0.25) is 4.79 Å². The summed E-state index contributed by atoms with van der Waals surface area (Å²) in [5.74, 6) is 0.111. The molecule has 0 radical (unpaired) electrons. The Bertz CT molecular complexity index is 430. The molecule has 1 aliphatic heterocycles. The summed E-state index contributed by atoms with van der Waals surface area (Å²) in [7, 11) is 0. The molecule has 1 aromatic heterocycles. The number of piperidine rings is 1. The number of pyridine rings is 1. The molecule has 5 heteroatoms. The van der Waals surface area contributed by atoms with Crippen LogP contribution in [-0.4, -0.2) is 24.0 Å². The summed E-state index contributed by atoms with van der Waals surface area (Å²) in [5.41, 5.74) is 0.509. The van der Waals surface area contributed by atoms with Gasteiger partial charge < -0.3 is 10.6 Å². The number of halogens is 1. The molecule has 0 atom stereocenters. The lowest BCUT2D eigenvalue weighted by atomic mass is 9.76. The minimum atomic E-state index is -0.236. The third-order valence-corrected chi connectivity index (χ3v) is 4.36. The van der Waals surface area contributed by atoms with E-state index in [-0.39, 0.29) is 11.3 Å². The van der Waals surface area contributed by atoms with Crippen molar-refractivity contribution in [2.45, 2.75) is 26.2 Å². The summed E-state index contributed by atoms with van der Waals surface area (Å²) < 4.78 is 0.679. The topological polar surface area (TPSA) is 54.0 Å². The lowest BCUT2D eigenvalue weighted by Gasteiger charge is -2.35. The average Bonchev–Trinajstić information content (AvgIpc) is 2.42. The highest BCUT2D eigenvalue weighted by Gasteiger charge is 2.37. The molecule has 4 nitrogen and oxygen atoms in total. The summed E-state index contributed by atoms with van der Waals surface area (Å²) in [6.45, 7) is 3.91. The van der Waals surface area contributed by atoms with Crippen LogP contribution in [0.4, 0.5) is 5.69 Å². The predicted octanol–water partition coefficient (Wildman–Crippen LogP) is 2.56. The lowest BCUT2D eigenvalue weighted by Crippen LogP contribution is -2.44. The summed E-state index contributed by atoms with van der Waals surface area (Å²) in [5, 5.41) is 6.30. The molecule has 0 saturated carbocycles. The first-order valence-corrected chi connectivity index (χ1v) is 7.10. The van der Waals surface area contributed by atoms with Gasteiger partial charge in [0.2, 0.25) is 5.91 Å². The molecule has 1 aliphatic rings. The van der Waals surface area contributed by atoms with Crippen LogP contribution in [-0.2, 0) is 4.79 Å². The van der Waals surface area contributed by atoms with Crippen LogP contribution >= 0.6 is 15.9 Å². The van der Waals surface area contributed by atoms with E-state index in [1.54, 1.807) is 6.20 Å². The Kier molecular flexibility index (Phi) is 4.35. The number of aromatic nitrogens is 1. The van der Waals surface area contributed by atoms with Gasteiger partial charge in [-0.1, -0.05) is 6.92 Å². The molecule has 0 aromatic carbocycles. The molecule has 0 aliphatic carbocycles. The average molecular weight is 312 g/mol. The maximum atomic E-state index is 12.5. The van der Waals surface area contributed by atoms with Gasteiger partial charge in [0.25, 0.3) is 0 Å². The van der Waals surface area contributed by atoms with Gasteiger partial charge in [-0.2, -0.15) is 0 Å². The zero-order chi connectivity index (χ0) is 13.0. The number of carbonyl (C=O) groups is 1. The molecular weight excluding hydrogens is 294 g/mol. The van der Waals surface area contributed by atoms with E-state index < -0.39 is 0 Å². The zero-order valence-corrected chi connectivity index (χ0v) is 12.1. The third-order valence-electron chi connectivity index (χ3n) is 3.73. The van der Waals surface area contributed by atoms with Crippen LogP contribution < -0.4 is 10.6 Å². The minimum absolute atomic E-state index is 0.111. The first-order valence-electron chi connectivity index (χ1n) is 6.31. The highest BCUT2D eigenvalue weighted by atomic mass is 79.9. The molecule has 1 aromatic rings. The maximum absolute atomic E-state index is 12.5. The molecule has 1 amide bonds. The Labute approximate surface area is 116 Å². The Hall–Kier alpha value is -0.940. The first-order chi connectivity index (χ1) is 8.68. The number of nitrogens with zero attached hydrogens (tertiary/aromatic N) is 1. The largest absolute Gasteiger partial charge is 0.323 e. The van der Waals surface area contributed by atoms with E-state index in [2.05, 4.69) is 38.5 Å². The number of nitrogens with one attached hydrogen (secondary N) is 2. The van der Waals surface area contributed by atoms with E-state index >= 15 is 0 Å². The van der Waals surface area contributed by atoms with E-state index in [9.17, 15) is 4.79 Å². The number of rotatable bonds is 3.